The van der Waals surface area contributed by atoms with Gasteiger partial charge >= 0.3 is 0 Å². The molecule has 3 aromatic rings. The first-order valence-electron chi connectivity index (χ1n) is 10.6. The fourth-order valence-electron chi connectivity index (χ4n) is 3.65. The first-order valence-corrected chi connectivity index (χ1v) is 11.0. The Morgan fingerprint density at radius 1 is 1.27 bits per heavy atom. The van der Waals surface area contributed by atoms with Crippen molar-refractivity contribution in [2.24, 2.45) is 0 Å². The van der Waals surface area contributed by atoms with Crippen molar-refractivity contribution in [3.63, 3.8) is 0 Å². The zero-order chi connectivity index (χ0) is 23.6. The number of nitrogens with zero attached hydrogens (tertiary/aromatic N) is 1. The number of nitrogens with one attached hydrogen (secondary N) is 4. The average Bonchev–Trinajstić information content (AvgIpc) is 3.17. The number of rotatable bonds is 5. The Labute approximate surface area is 198 Å². The van der Waals surface area contributed by atoms with Gasteiger partial charge < -0.3 is 25.7 Å². The molecule has 4 N–H and O–H groups in total. The normalized spacial score (nSPS) is 12.9. The van der Waals surface area contributed by atoms with Crippen molar-refractivity contribution in [3.8, 4) is 28.8 Å². The van der Waals surface area contributed by atoms with Crippen LogP contribution in [-0.4, -0.2) is 42.1 Å². The van der Waals surface area contributed by atoms with Crippen molar-refractivity contribution < 1.29 is 9.53 Å². The van der Waals surface area contributed by atoms with Gasteiger partial charge in [-0.3, -0.25) is 9.78 Å². The molecule has 0 fully saturated rings. The van der Waals surface area contributed by atoms with E-state index < -0.39 is 0 Å². The molecule has 1 amide bonds. The maximum Gasteiger partial charge on any atom is 0.255 e. The molecule has 0 aliphatic carbocycles. The zero-order valence-electron chi connectivity index (χ0n) is 19.0. The summed E-state index contributed by atoms with van der Waals surface area (Å²) in [6.07, 6.45) is 4.15. The number of fused-ring (bicyclic) bond motifs is 1. The van der Waals surface area contributed by atoms with E-state index in [4.69, 9.17) is 16.3 Å². The van der Waals surface area contributed by atoms with E-state index >= 15 is 0 Å². The van der Waals surface area contributed by atoms with Crippen LogP contribution in [0.4, 0.5) is 11.4 Å². The van der Waals surface area contributed by atoms with Crippen LogP contribution in [-0.2, 0) is 6.42 Å². The summed E-state index contributed by atoms with van der Waals surface area (Å²) in [7, 11) is 3.43. The molecule has 0 saturated heterocycles. The molecule has 0 bridgehead atoms. The molecule has 8 heteroatoms. The number of benzene rings is 1. The molecule has 0 unspecified atom stereocenters. The van der Waals surface area contributed by atoms with Gasteiger partial charge in [-0.25, -0.2) is 0 Å². The predicted octanol–water partition coefficient (Wildman–Crippen LogP) is 4.12. The monoisotopic (exact) mass is 463 g/mol. The van der Waals surface area contributed by atoms with Gasteiger partial charge in [0.05, 0.1) is 45.9 Å². The van der Waals surface area contributed by atoms with Crippen molar-refractivity contribution in [1.82, 2.24) is 20.6 Å². The molecule has 33 heavy (non-hydrogen) atoms. The number of hydrogen-bond acceptors (Lipinski definition) is 5. The quantitative estimate of drug-likeness (QED) is 0.427. The van der Waals surface area contributed by atoms with Gasteiger partial charge in [0.15, 0.2) is 5.75 Å². The highest BCUT2D eigenvalue weighted by atomic mass is 35.5. The topological polar surface area (TPSA) is 91.1 Å². The Hall–Kier alpha value is -3.47. The second-order valence-electron chi connectivity index (χ2n) is 8.23. The van der Waals surface area contributed by atoms with E-state index in [9.17, 15) is 4.79 Å². The maximum absolute atomic E-state index is 12.9. The Kier molecular flexibility index (Phi) is 6.32. The highest BCUT2D eigenvalue weighted by Crippen LogP contribution is 2.41. The van der Waals surface area contributed by atoms with Gasteiger partial charge in [-0.05, 0) is 39.1 Å². The summed E-state index contributed by atoms with van der Waals surface area (Å²) in [5, 5.41) is 9.99. The summed E-state index contributed by atoms with van der Waals surface area (Å²) in [6.45, 7) is 4.59. The molecular weight excluding hydrogens is 438 g/mol. The van der Waals surface area contributed by atoms with Crippen LogP contribution in [0.3, 0.4) is 0 Å². The molecule has 3 heterocycles. The molecule has 0 spiro atoms. The third-order valence-electron chi connectivity index (χ3n) is 5.62. The minimum absolute atomic E-state index is 0.139. The predicted molar refractivity (Wildman–Crippen MR) is 131 cm³/mol. The molecule has 170 valence electrons. The van der Waals surface area contributed by atoms with Gasteiger partial charge in [0.2, 0.25) is 0 Å². The van der Waals surface area contributed by atoms with Crippen molar-refractivity contribution in [1.29, 1.82) is 0 Å². The Balaban J connectivity index is 1.90. The number of amides is 1. The number of aromatic amines is 1. The number of hydrogen-bond donors (Lipinski definition) is 4. The van der Waals surface area contributed by atoms with E-state index in [1.54, 1.807) is 25.6 Å². The minimum Gasteiger partial charge on any atom is -0.493 e. The molecular formula is C25H26ClN5O2. The lowest BCUT2D eigenvalue weighted by Gasteiger charge is -2.17. The number of carbonyl (C=O) groups excluding carboxylic acids is 1. The first-order chi connectivity index (χ1) is 15.8. The second kappa shape index (κ2) is 9.18. The lowest BCUT2D eigenvalue weighted by molar-refractivity contribution is 0.0947. The number of ether oxygens (including phenoxy) is 1. The van der Waals surface area contributed by atoms with Crippen LogP contribution >= 0.6 is 11.6 Å². The van der Waals surface area contributed by atoms with Crippen molar-refractivity contribution in [2.45, 2.75) is 25.8 Å². The first kappa shape index (κ1) is 22.7. The van der Waals surface area contributed by atoms with E-state index in [2.05, 4.69) is 37.8 Å². The highest BCUT2D eigenvalue weighted by molar-refractivity contribution is 6.32. The summed E-state index contributed by atoms with van der Waals surface area (Å²) in [5.41, 5.74) is 4.73. The largest absolute Gasteiger partial charge is 0.493 e. The van der Waals surface area contributed by atoms with E-state index in [-0.39, 0.29) is 11.4 Å². The van der Waals surface area contributed by atoms with Crippen LogP contribution in [0.2, 0.25) is 5.02 Å². The summed E-state index contributed by atoms with van der Waals surface area (Å²) in [6, 6.07) is 7.34. The Bertz CT molecular complexity index is 1270. The lowest BCUT2D eigenvalue weighted by Crippen LogP contribution is -2.34. The molecule has 4 rings (SSSR count). The number of para-hydroxylation sites is 1. The number of halogens is 1. The van der Waals surface area contributed by atoms with Gasteiger partial charge in [0, 0.05) is 36.6 Å². The third kappa shape index (κ3) is 4.54. The summed E-state index contributed by atoms with van der Waals surface area (Å²) in [5.74, 6) is 6.86. The molecule has 7 nitrogen and oxygen atoms in total. The van der Waals surface area contributed by atoms with E-state index in [1.165, 1.54) is 0 Å². The van der Waals surface area contributed by atoms with Crippen molar-refractivity contribution in [2.75, 3.05) is 26.0 Å². The summed E-state index contributed by atoms with van der Waals surface area (Å²) < 4.78 is 5.51. The number of methoxy groups -OCH3 is 1. The fraction of sp³-hybridized carbons (Fsp3) is 0.280. The molecule has 0 radical (unpaired) electrons. The smallest absolute Gasteiger partial charge is 0.255 e. The van der Waals surface area contributed by atoms with Gasteiger partial charge in [-0.1, -0.05) is 29.5 Å². The summed E-state index contributed by atoms with van der Waals surface area (Å²) in [4.78, 5) is 20.6. The zero-order valence-corrected chi connectivity index (χ0v) is 19.8. The average molecular weight is 464 g/mol. The molecule has 1 aliphatic rings. The number of aromatic nitrogens is 2. The fourth-order valence-corrected chi connectivity index (χ4v) is 3.91. The van der Waals surface area contributed by atoms with Gasteiger partial charge in [-0.2, -0.15) is 0 Å². The van der Waals surface area contributed by atoms with Crippen LogP contribution < -0.4 is 20.7 Å². The van der Waals surface area contributed by atoms with E-state index in [0.717, 1.165) is 22.5 Å². The number of anilines is 2. The second-order valence-corrected chi connectivity index (χ2v) is 8.63. The van der Waals surface area contributed by atoms with E-state index in [0.29, 0.717) is 40.7 Å². The summed E-state index contributed by atoms with van der Waals surface area (Å²) >= 11 is 6.34. The van der Waals surface area contributed by atoms with Crippen LogP contribution in [0, 0.1) is 11.8 Å². The number of H-pyrrole nitrogens is 1. The number of pyridine rings is 1. The number of carbonyl (C=O) groups is 1. The molecule has 0 atom stereocenters. The van der Waals surface area contributed by atoms with Gasteiger partial charge in [-0.15, -0.1) is 0 Å². The van der Waals surface area contributed by atoms with E-state index in [1.807, 2.05) is 39.1 Å². The lowest BCUT2D eigenvalue weighted by atomic mass is 10.0. The standard InChI is InChI=1S/C25H26ClN5O2/c1-25(2,27-3)11-8-15-14-28-12-9-16(15)21-22(20-18(30-21)10-13-29-24(20)32)31-19-7-5-6-17(26)23(19)33-4/h5-7,9,12,14,27,30-31H,10,13H2,1-4H3,(H,29,32). The van der Waals surface area contributed by atoms with Crippen LogP contribution in [0.1, 0.15) is 35.5 Å². The van der Waals surface area contributed by atoms with Crippen LogP contribution in [0.15, 0.2) is 36.7 Å². The minimum atomic E-state index is -0.364. The van der Waals surface area contributed by atoms with Crippen molar-refractivity contribution in [3.05, 3.63) is 58.5 Å². The molecule has 0 saturated carbocycles. The Morgan fingerprint density at radius 2 is 2.09 bits per heavy atom. The molecule has 1 aromatic carbocycles. The Morgan fingerprint density at radius 3 is 2.85 bits per heavy atom. The van der Waals surface area contributed by atoms with Gasteiger partial charge in [0.1, 0.15) is 0 Å². The maximum atomic E-state index is 12.9. The molecule has 2 aromatic heterocycles. The third-order valence-corrected chi connectivity index (χ3v) is 5.92. The van der Waals surface area contributed by atoms with Gasteiger partial charge in [0.25, 0.3) is 5.91 Å². The SMILES string of the molecule is CNC(C)(C)C#Cc1cnccc1-c1[nH]c2c(c1Nc1cccc(Cl)c1OC)C(=O)NCC2. The van der Waals surface area contributed by atoms with Crippen LogP contribution in [0.5, 0.6) is 5.75 Å². The highest BCUT2D eigenvalue weighted by Gasteiger charge is 2.28. The molecule has 1 aliphatic heterocycles. The van der Waals surface area contributed by atoms with Crippen molar-refractivity contribution >= 4 is 28.9 Å². The van der Waals surface area contributed by atoms with Crippen LogP contribution in [0.25, 0.3) is 11.3 Å².